The van der Waals surface area contributed by atoms with Gasteiger partial charge in [-0.3, -0.25) is 4.79 Å². The molecule has 0 bridgehead atoms. The quantitative estimate of drug-likeness (QED) is 0.883. The molecule has 5 heteroatoms. The predicted molar refractivity (Wildman–Crippen MR) is 88.6 cm³/mol. The highest BCUT2D eigenvalue weighted by Gasteiger charge is 2.26. The van der Waals surface area contributed by atoms with Crippen LogP contribution in [0, 0.1) is 0 Å². The fraction of sp³-hybridized carbons (Fsp3) is 0.111. The first-order chi connectivity index (χ1) is 11.2. The molecule has 1 amide bonds. The van der Waals surface area contributed by atoms with Gasteiger partial charge in [0.1, 0.15) is 28.6 Å². The largest absolute Gasteiger partial charge is 0.496 e. The van der Waals surface area contributed by atoms with Gasteiger partial charge in [-0.2, -0.15) is 0 Å². The molecule has 2 aromatic carbocycles. The number of carbonyl (C=O) groups is 1. The van der Waals surface area contributed by atoms with E-state index in [9.17, 15) is 4.79 Å². The summed E-state index contributed by atoms with van der Waals surface area (Å²) < 4.78 is 10.7. The van der Waals surface area contributed by atoms with Crippen molar-refractivity contribution in [2.45, 2.75) is 0 Å². The topological polar surface area (TPSA) is 59.9 Å². The van der Waals surface area contributed by atoms with Crippen molar-refractivity contribution in [1.29, 1.82) is 0 Å². The molecular formula is C18H16N2O3. The number of nitrogens with zero attached hydrogens (tertiary/aromatic N) is 1. The van der Waals surface area contributed by atoms with E-state index in [0.29, 0.717) is 28.6 Å². The number of amidine groups is 1. The van der Waals surface area contributed by atoms with Gasteiger partial charge in [0.05, 0.1) is 14.2 Å². The Morgan fingerprint density at radius 1 is 0.957 bits per heavy atom. The minimum Gasteiger partial charge on any atom is -0.496 e. The summed E-state index contributed by atoms with van der Waals surface area (Å²) >= 11 is 0. The van der Waals surface area contributed by atoms with E-state index in [1.54, 1.807) is 32.4 Å². The Morgan fingerprint density at radius 3 is 2.22 bits per heavy atom. The number of ether oxygens (including phenoxy) is 2. The third-order valence-corrected chi connectivity index (χ3v) is 3.46. The first-order valence-corrected chi connectivity index (χ1v) is 7.11. The lowest BCUT2D eigenvalue weighted by atomic mass is 10.1. The average molecular weight is 308 g/mol. The molecule has 1 aliphatic heterocycles. The van der Waals surface area contributed by atoms with Gasteiger partial charge in [-0.1, -0.05) is 36.4 Å². The van der Waals surface area contributed by atoms with Crippen LogP contribution in [0.4, 0.5) is 0 Å². The zero-order valence-corrected chi connectivity index (χ0v) is 12.9. The summed E-state index contributed by atoms with van der Waals surface area (Å²) in [5.41, 5.74) is 1.89. The molecule has 0 radical (unpaired) electrons. The van der Waals surface area contributed by atoms with Crippen molar-refractivity contribution in [3.05, 3.63) is 65.4 Å². The Hall–Kier alpha value is -3.08. The maximum atomic E-state index is 12.2. The molecule has 0 saturated heterocycles. The van der Waals surface area contributed by atoms with E-state index in [-0.39, 0.29) is 5.91 Å². The fourth-order valence-electron chi connectivity index (χ4n) is 2.38. The Kier molecular flexibility index (Phi) is 4.10. The molecule has 0 unspecified atom stereocenters. The van der Waals surface area contributed by atoms with E-state index in [2.05, 4.69) is 10.3 Å². The van der Waals surface area contributed by atoms with E-state index in [1.807, 2.05) is 36.4 Å². The Bertz CT molecular complexity index is 773. The molecule has 2 aromatic rings. The van der Waals surface area contributed by atoms with Crippen molar-refractivity contribution in [2.24, 2.45) is 4.99 Å². The standard InChI is InChI=1S/C18H16N2O3/c1-22-14-9-6-10-15(23-2)16(14)17-19-13(18(21)20-17)11-12-7-4-3-5-8-12/h3-11H,1-2H3,(H,19,20,21)/b13-11+. The van der Waals surface area contributed by atoms with Gasteiger partial charge in [0.25, 0.3) is 5.91 Å². The Balaban J connectivity index is 2.04. The van der Waals surface area contributed by atoms with Crippen LogP contribution in [-0.2, 0) is 4.79 Å². The highest BCUT2D eigenvalue weighted by molar-refractivity contribution is 6.21. The zero-order valence-electron chi connectivity index (χ0n) is 12.9. The second-order valence-corrected chi connectivity index (χ2v) is 4.89. The summed E-state index contributed by atoms with van der Waals surface area (Å²) in [4.78, 5) is 16.6. The van der Waals surface area contributed by atoms with Crippen LogP contribution >= 0.6 is 0 Å². The summed E-state index contributed by atoms with van der Waals surface area (Å²) in [5.74, 6) is 1.34. The number of amides is 1. The molecule has 0 saturated carbocycles. The van der Waals surface area contributed by atoms with Crippen LogP contribution in [0.3, 0.4) is 0 Å². The fourth-order valence-corrected chi connectivity index (χ4v) is 2.38. The van der Waals surface area contributed by atoms with Crippen molar-refractivity contribution in [3.8, 4) is 11.5 Å². The minimum absolute atomic E-state index is 0.253. The first-order valence-electron chi connectivity index (χ1n) is 7.11. The molecule has 5 nitrogen and oxygen atoms in total. The van der Waals surface area contributed by atoms with Crippen LogP contribution < -0.4 is 14.8 Å². The van der Waals surface area contributed by atoms with Crippen molar-refractivity contribution in [1.82, 2.24) is 5.32 Å². The molecule has 0 aliphatic carbocycles. The van der Waals surface area contributed by atoms with Crippen LogP contribution in [-0.4, -0.2) is 26.0 Å². The summed E-state index contributed by atoms with van der Waals surface area (Å²) in [5, 5.41) is 2.77. The number of nitrogens with one attached hydrogen (secondary N) is 1. The molecule has 0 spiro atoms. The lowest BCUT2D eigenvalue weighted by molar-refractivity contribution is -0.115. The molecule has 3 rings (SSSR count). The molecule has 1 aliphatic rings. The van der Waals surface area contributed by atoms with Crippen molar-refractivity contribution in [3.63, 3.8) is 0 Å². The lowest BCUT2D eigenvalue weighted by Gasteiger charge is -2.12. The summed E-state index contributed by atoms with van der Waals surface area (Å²) in [6.45, 7) is 0. The number of carbonyl (C=O) groups excluding carboxylic acids is 1. The van der Waals surface area contributed by atoms with Gasteiger partial charge in [-0.25, -0.2) is 4.99 Å². The SMILES string of the molecule is COc1cccc(OC)c1C1=N/C(=C/c2ccccc2)C(=O)N1. The number of aliphatic imine (C=N–C) groups is 1. The molecule has 0 aromatic heterocycles. The number of rotatable bonds is 4. The Labute approximate surface area is 134 Å². The zero-order chi connectivity index (χ0) is 16.2. The minimum atomic E-state index is -0.253. The normalized spacial score (nSPS) is 15.3. The number of benzene rings is 2. The summed E-state index contributed by atoms with van der Waals surface area (Å²) in [6.07, 6.45) is 1.74. The second-order valence-electron chi connectivity index (χ2n) is 4.89. The lowest BCUT2D eigenvalue weighted by Crippen LogP contribution is -2.25. The highest BCUT2D eigenvalue weighted by atomic mass is 16.5. The van der Waals surface area contributed by atoms with Crippen LogP contribution in [0.15, 0.2) is 59.2 Å². The van der Waals surface area contributed by atoms with Crippen LogP contribution in [0.5, 0.6) is 11.5 Å². The van der Waals surface area contributed by atoms with Crippen LogP contribution in [0.2, 0.25) is 0 Å². The van der Waals surface area contributed by atoms with Crippen LogP contribution in [0.1, 0.15) is 11.1 Å². The smallest absolute Gasteiger partial charge is 0.275 e. The summed E-state index contributed by atoms with van der Waals surface area (Å²) in [6, 6.07) is 15.0. The summed E-state index contributed by atoms with van der Waals surface area (Å²) in [7, 11) is 3.13. The van der Waals surface area contributed by atoms with Crippen molar-refractivity contribution in [2.75, 3.05) is 14.2 Å². The third kappa shape index (κ3) is 2.94. The molecule has 0 atom stereocenters. The molecule has 1 heterocycles. The van der Waals surface area contributed by atoms with Gasteiger partial charge < -0.3 is 14.8 Å². The van der Waals surface area contributed by atoms with Gasteiger partial charge >= 0.3 is 0 Å². The molecule has 1 N–H and O–H groups in total. The van der Waals surface area contributed by atoms with Crippen LogP contribution in [0.25, 0.3) is 6.08 Å². The maximum Gasteiger partial charge on any atom is 0.275 e. The predicted octanol–water partition coefficient (Wildman–Crippen LogP) is 2.62. The number of hydrogen-bond acceptors (Lipinski definition) is 4. The van der Waals surface area contributed by atoms with Gasteiger partial charge in [0, 0.05) is 0 Å². The molecule has 23 heavy (non-hydrogen) atoms. The van der Waals surface area contributed by atoms with E-state index in [4.69, 9.17) is 9.47 Å². The monoisotopic (exact) mass is 308 g/mol. The van der Waals surface area contributed by atoms with E-state index in [0.717, 1.165) is 5.56 Å². The number of hydrogen-bond donors (Lipinski definition) is 1. The van der Waals surface area contributed by atoms with E-state index < -0.39 is 0 Å². The first kappa shape index (κ1) is 14.8. The Morgan fingerprint density at radius 2 is 1.61 bits per heavy atom. The average Bonchev–Trinajstić information content (AvgIpc) is 2.95. The van der Waals surface area contributed by atoms with Gasteiger partial charge in [-0.05, 0) is 23.8 Å². The van der Waals surface area contributed by atoms with Crippen molar-refractivity contribution >= 4 is 17.8 Å². The van der Waals surface area contributed by atoms with E-state index in [1.165, 1.54) is 0 Å². The second kappa shape index (κ2) is 6.36. The molecule has 0 fully saturated rings. The maximum absolute atomic E-state index is 12.2. The van der Waals surface area contributed by atoms with Gasteiger partial charge in [-0.15, -0.1) is 0 Å². The van der Waals surface area contributed by atoms with E-state index >= 15 is 0 Å². The highest BCUT2D eigenvalue weighted by Crippen LogP contribution is 2.30. The van der Waals surface area contributed by atoms with Gasteiger partial charge in [0.2, 0.25) is 0 Å². The van der Waals surface area contributed by atoms with Gasteiger partial charge in [0.15, 0.2) is 0 Å². The number of methoxy groups -OCH3 is 2. The molecule has 116 valence electrons. The third-order valence-electron chi connectivity index (χ3n) is 3.46. The molecular weight excluding hydrogens is 292 g/mol. The van der Waals surface area contributed by atoms with Crippen molar-refractivity contribution < 1.29 is 14.3 Å².